The van der Waals surface area contributed by atoms with Crippen LogP contribution in [0.3, 0.4) is 0 Å². The molecule has 18 heavy (non-hydrogen) atoms. The van der Waals surface area contributed by atoms with Gasteiger partial charge in [-0.05, 0) is 12.5 Å². The highest BCUT2D eigenvalue weighted by Gasteiger charge is 2.10. The fourth-order valence-electron chi connectivity index (χ4n) is 1.90. The zero-order chi connectivity index (χ0) is 13.1. The lowest BCUT2D eigenvalue weighted by Crippen LogP contribution is -2.26. The smallest absolute Gasteiger partial charge is 0.328 e. The first-order valence-corrected chi connectivity index (χ1v) is 6.02. The van der Waals surface area contributed by atoms with Gasteiger partial charge in [-0.25, -0.2) is 4.79 Å². The second-order valence-electron chi connectivity index (χ2n) is 4.39. The molecule has 2 aromatic rings. The molecule has 2 rings (SSSR count). The van der Waals surface area contributed by atoms with Crippen molar-refractivity contribution in [3.8, 4) is 0 Å². The van der Waals surface area contributed by atoms with Gasteiger partial charge in [-0.1, -0.05) is 6.92 Å². The number of carbonyl (C=O) groups excluding carboxylic acids is 1. The highest BCUT2D eigenvalue weighted by Crippen LogP contribution is 2.02. The minimum absolute atomic E-state index is 0.0491. The molecule has 0 saturated carbocycles. The van der Waals surface area contributed by atoms with Crippen molar-refractivity contribution in [2.75, 3.05) is 0 Å². The number of rotatable bonds is 5. The normalized spacial score (nSPS) is 10.8. The summed E-state index contributed by atoms with van der Waals surface area (Å²) in [6.07, 6.45) is 7.87. The zero-order valence-corrected chi connectivity index (χ0v) is 10.7. The lowest BCUT2D eigenvalue weighted by molar-refractivity contribution is 0.0970. The summed E-state index contributed by atoms with van der Waals surface area (Å²) in [4.78, 5) is 23.9. The van der Waals surface area contributed by atoms with Gasteiger partial charge < -0.3 is 4.57 Å². The van der Waals surface area contributed by atoms with Crippen LogP contribution in [0.5, 0.6) is 0 Å². The van der Waals surface area contributed by atoms with E-state index in [4.69, 9.17) is 0 Å². The lowest BCUT2D eigenvalue weighted by Gasteiger charge is -2.00. The van der Waals surface area contributed by atoms with Gasteiger partial charge in [0, 0.05) is 43.9 Å². The van der Waals surface area contributed by atoms with Crippen LogP contribution in [0.25, 0.3) is 0 Å². The first-order chi connectivity index (χ1) is 8.61. The minimum atomic E-state index is -0.124. The fourth-order valence-corrected chi connectivity index (χ4v) is 1.90. The second-order valence-corrected chi connectivity index (χ2v) is 4.39. The zero-order valence-electron chi connectivity index (χ0n) is 10.7. The molecule has 0 bridgehead atoms. The summed E-state index contributed by atoms with van der Waals surface area (Å²) in [5.74, 6) is -0.0491. The molecule has 0 saturated heterocycles. The van der Waals surface area contributed by atoms with Crippen LogP contribution in [0.4, 0.5) is 0 Å². The number of ketones is 1. The standard InChI is InChI=1S/C13H17N3O2/c1-3-5-15-7-8-16(13(15)18)10-12(17)11-4-6-14(2)9-11/h4,6-9H,3,5,10H2,1-2H3. The van der Waals surface area contributed by atoms with Gasteiger partial charge in [-0.2, -0.15) is 0 Å². The van der Waals surface area contributed by atoms with E-state index in [1.54, 1.807) is 29.2 Å². The van der Waals surface area contributed by atoms with Crippen LogP contribution >= 0.6 is 0 Å². The Kier molecular flexibility index (Phi) is 3.50. The molecule has 5 nitrogen and oxygen atoms in total. The van der Waals surface area contributed by atoms with Crippen molar-refractivity contribution < 1.29 is 4.79 Å². The van der Waals surface area contributed by atoms with Gasteiger partial charge in [0.2, 0.25) is 0 Å². The van der Waals surface area contributed by atoms with E-state index >= 15 is 0 Å². The first-order valence-electron chi connectivity index (χ1n) is 6.02. The molecule has 0 aromatic carbocycles. The summed E-state index contributed by atoms with van der Waals surface area (Å²) in [5.41, 5.74) is 0.508. The molecule has 0 radical (unpaired) electrons. The Hall–Kier alpha value is -2.04. The number of nitrogens with zero attached hydrogens (tertiary/aromatic N) is 3. The molecule has 0 amide bonds. The lowest BCUT2D eigenvalue weighted by atomic mass is 10.2. The monoisotopic (exact) mass is 247 g/mol. The molecule has 0 spiro atoms. The SMILES string of the molecule is CCCn1ccn(CC(=O)c2ccn(C)c2)c1=O. The highest BCUT2D eigenvalue weighted by atomic mass is 16.2. The predicted octanol–water partition coefficient (Wildman–Crippen LogP) is 1.28. The van der Waals surface area contributed by atoms with Gasteiger partial charge >= 0.3 is 5.69 Å². The molecule has 96 valence electrons. The van der Waals surface area contributed by atoms with Crippen molar-refractivity contribution in [3.63, 3.8) is 0 Å². The third-order valence-corrected chi connectivity index (χ3v) is 2.85. The van der Waals surface area contributed by atoms with Gasteiger partial charge in [0.25, 0.3) is 0 Å². The van der Waals surface area contributed by atoms with Crippen LogP contribution in [0.2, 0.25) is 0 Å². The molecular formula is C13H17N3O2. The van der Waals surface area contributed by atoms with E-state index in [1.165, 1.54) is 4.57 Å². The number of Topliss-reactive ketones (excluding diaryl/α,β-unsaturated/α-hetero) is 1. The van der Waals surface area contributed by atoms with E-state index in [0.717, 1.165) is 6.42 Å². The number of aromatic nitrogens is 3. The number of carbonyl (C=O) groups is 1. The molecule has 0 aliphatic carbocycles. The average molecular weight is 247 g/mol. The summed E-state index contributed by atoms with van der Waals surface area (Å²) in [6.45, 7) is 2.80. The van der Waals surface area contributed by atoms with E-state index in [9.17, 15) is 9.59 Å². The van der Waals surface area contributed by atoms with Crippen molar-refractivity contribution in [2.45, 2.75) is 26.4 Å². The fraction of sp³-hybridized carbons (Fsp3) is 0.385. The molecule has 0 atom stereocenters. The minimum Gasteiger partial charge on any atom is -0.357 e. The Morgan fingerprint density at radius 2 is 1.94 bits per heavy atom. The van der Waals surface area contributed by atoms with Crippen LogP contribution in [-0.4, -0.2) is 19.5 Å². The molecule has 2 heterocycles. The van der Waals surface area contributed by atoms with Crippen molar-refractivity contribution in [2.24, 2.45) is 7.05 Å². The Morgan fingerprint density at radius 1 is 1.22 bits per heavy atom. The van der Waals surface area contributed by atoms with Crippen LogP contribution in [0, 0.1) is 0 Å². The summed E-state index contributed by atoms with van der Waals surface area (Å²) in [7, 11) is 1.86. The Bertz CT molecular complexity index is 604. The maximum absolute atomic E-state index is 12.0. The Morgan fingerprint density at radius 3 is 2.56 bits per heavy atom. The van der Waals surface area contributed by atoms with Gasteiger partial charge in [-0.3, -0.25) is 13.9 Å². The quantitative estimate of drug-likeness (QED) is 0.747. The van der Waals surface area contributed by atoms with Crippen LogP contribution in [0.1, 0.15) is 23.7 Å². The van der Waals surface area contributed by atoms with Crippen molar-refractivity contribution in [1.29, 1.82) is 0 Å². The van der Waals surface area contributed by atoms with Crippen LogP contribution < -0.4 is 5.69 Å². The molecule has 2 aromatic heterocycles. The second kappa shape index (κ2) is 5.08. The molecule has 0 fully saturated rings. The summed E-state index contributed by atoms with van der Waals surface area (Å²) in [5, 5.41) is 0. The van der Waals surface area contributed by atoms with E-state index in [2.05, 4.69) is 0 Å². The number of imidazole rings is 1. The van der Waals surface area contributed by atoms with Gasteiger partial charge in [0.1, 0.15) is 0 Å². The topological polar surface area (TPSA) is 48.9 Å². The molecule has 5 heteroatoms. The summed E-state index contributed by atoms with van der Waals surface area (Å²) in [6, 6.07) is 1.76. The number of hydrogen-bond donors (Lipinski definition) is 0. The molecule has 0 aliphatic rings. The molecular weight excluding hydrogens is 230 g/mol. The Labute approximate surface area is 105 Å². The largest absolute Gasteiger partial charge is 0.357 e. The Balaban J connectivity index is 2.15. The van der Waals surface area contributed by atoms with E-state index in [0.29, 0.717) is 12.1 Å². The van der Waals surface area contributed by atoms with E-state index in [1.807, 2.05) is 24.7 Å². The summed E-state index contributed by atoms with van der Waals surface area (Å²) >= 11 is 0. The van der Waals surface area contributed by atoms with Crippen molar-refractivity contribution in [3.05, 3.63) is 46.9 Å². The number of aryl methyl sites for hydroxylation is 2. The van der Waals surface area contributed by atoms with Gasteiger partial charge in [0.15, 0.2) is 5.78 Å². The first kappa shape index (κ1) is 12.4. The van der Waals surface area contributed by atoms with E-state index < -0.39 is 0 Å². The highest BCUT2D eigenvalue weighted by molar-refractivity contribution is 5.95. The van der Waals surface area contributed by atoms with Crippen molar-refractivity contribution >= 4 is 5.78 Å². The molecule has 0 unspecified atom stereocenters. The summed E-state index contributed by atoms with van der Waals surface area (Å²) < 4.78 is 4.89. The molecule has 0 aliphatic heterocycles. The number of hydrogen-bond acceptors (Lipinski definition) is 2. The van der Waals surface area contributed by atoms with Gasteiger partial charge in [0.05, 0.1) is 6.54 Å². The third kappa shape index (κ3) is 2.45. The van der Waals surface area contributed by atoms with E-state index in [-0.39, 0.29) is 18.0 Å². The average Bonchev–Trinajstić information content (AvgIpc) is 2.90. The predicted molar refractivity (Wildman–Crippen MR) is 68.7 cm³/mol. The van der Waals surface area contributed by atoms with Crippen LogP contribution in [-0.2, 0) is 20.1 Å². The maximum atomic E-state index is 12.0. The maximum Gasteiger partial charge on any atom is 0.328 e. The third-order valence-electron chi connectivity index (χ3n) is 2.85. The van der Waals surface area contributed by atoms with Crippen molar-refractivity contribution in [1.82, 2.24) is 13.7 Å². The van der Waals surface area contributed by atoms with Crippen LogP contribution in [0.15, 0.2) is 35.6 Å². The molecule has 0 N–H and O–H groups in total. The van der Waals surface area contributed by atoms with Gasteiger partial charge in [-0.15, -0.1) is 0 Å².